The summed E-state index contributed by atoms with van der Waals surface area (Å²) in [5.74, 6) is 1.93. The van der Waals surface area contributed by atoms with Gasteiger partial charge in [0.1, 0.15) is 0 Å². The second-order valence-electron chi connectivity index (χ2n) is 2.48. The van der Waals surface area contributed by atoms with Crippen molar-refractivity contribution in [1.29, 1.82) is 0 Å². The summed E-state index contributed by atoms with van der Waals surface area (Å²) in [5, 5.41) is 3.11. The molecule has 0 aliphatic carbocycles. The molecule has 0 fully saturated rings. The van der Waals surface area contributed by atoms with Gasteiger partial charge in [-0.2, -0.15) is 0 Å². The van der Waals surface area contributed by atoms with E-state index in [-0.39, 0.29) is 18.0 Å². The first-order valence-corrected chi connectivity index (χ1v) is 4.58. The van der Waals surface area contributed by atoms with Gasteiger partial charge in [-0.1, -0.05) is 35.2 Å². The van der Waals surface area contributed by atoms with E-state index in [0.717, 1.165) is 0 Å². The van der Waals surface area contributed by atoms with Gasteiger partial charge in [-0.3, -0.25) is 4.79 Å². The Hall–Kier alpha value is -1.17. The Morgan fingerprint density at radius 1 is 1.43 bits per heavy atom. The quantitative estimate of drug-likeness (QED) is 0.773. The maximum absolute atomic E-state index is 11.5. The number of hydrogen-bond donors (Lipinski definition) is 1. The number of carbonyl (C=O) groups excluding carboxylic acids is 1. The molecular weight excluding hydrogens is 221 g/mol. The van der Waals surface area contributed by atoms with Gasteiger partial charge in [-0.25, -0.2) is 0 Å². The molecule has 0 bridgehead atoms. The highest BCUT2D eigenvalue weighted by Crippen LogP contribution is 2.23. The second kappa shape index (κ2) is 4.90. The fraction of sp³-hybridized carbons (Fsp3) is 0.100. The van der Waals surface area contributed by atoms with Gasteiger partial charge in [-0.05, 0) is 12.1 Å². The van der Waals surface area contributed by atoms with Crippen LogP contribution in [0.15, 0.2) is 18.2 Å². The Kier molecular flexibility index (Phi) is 3.82. The Balaban J connectivity index is 2.95. The molecule has 0 aromatic heterocycles. The summed E-state index contributed by atoms with van der Waals surface area (Å²) < 4.78 is 0. The summed E-state index contributed by atoms with van der Waals surface area (Å²) in [7, 11) is 0. The van der Waals surface area contributed by atoms with Crippen molar-refractivity contribution in [1.82, 2.24) is 5.32 Å². The normalized spacial score (nSPS) is 9.21. The van der Waals surface area contributed by atoms with Crippen molar-refractivity contribution in [3.63, 3.8) is 0 Å². The number of rotatable bonds is 2. The van der Waals surface area contributed by atoms with Crippen LogP contribution in [0.1, 0.15) is 10.4 Å². The van der Waals surface area contributed by atoms with Crippen molar-refractivity contribution in [2.75, 3.05) is 6.54 Å². The maximum Gasteiger partial charge on any atom is 0.255 e. The molecule has 0 unspecified atom stereocenters. The zero-order valence-electron chi connectivity index (χ0n) is 7.18. The van der Waals surface area contributed by atoms with Gasteiger partial charge >= 0.3 is 0 Å². The fourth-order valence-corrected chi connectivity index (χ4v) is 1.50. The molecule has 0 spiro atoms. The third-order valence-corrected chi connectivity index (χ3v) is 2.17. The van der Waals surface area contributed by atoms with E-state index in [1.807, 2.05) is 0 Å². The molecule has 4 heteroatoms. The van der Waals surface area contributed by atoms with Crippen molar-refractivity contribution < 1.29 is 4.79 Å². The van der Waals surface area contributed by atoms with Crippen LogP contribution in [0.2, 0.25) is 10.0 Å². The maximum atomic E-state index is 11.5. The Bertz CT molecular complexity index is 375. The van der Waals surface area contributed by atoms with Crippen LogP contribution < -0.4 is 5.32 Å². The van der Waals surface area contributed by atoms with Crippen molar-refractivity contribution in [3.05, 3.63) is 33.8 Å². The van der Waals surface area contributed by atoms with Crippen LogP contribution in [0.3, 0.4) is 0 Å². The molecule has 1 N–H and O–H groups in total. The number of hydrogen-bond acceptors (Lipinski definition) is 1. The topological polar surface area (TPSA) is 29.1 Å². The van der Waals surface area contributed by atoms with Crippen molar-refractivity contribution >= 4 is 29.1 Å². The van der Waals surface area contributed by atoms with Crippen molar-refractivity contribution in [2.45, 2.75) is 0 Å². The molecule has 0 radical (unpaired) electrons. The van der Waals surface area contributed by atoms with E-state index in [1.165, 1.54) is 0 Å². The summed E-state index contributed by atoms with van der Waals surface area (Å²) in [6.07, 6.45) is 5.00. The largest absolute Gasteiger partial charge is 0.341 e. The lowest BCUT2D eigenvalue weighted by atomic mass is 10.2. The lowest BCUT2D eigenvalue weighted by Gasteiger charge is -2.05. The van der Waals surface area contributed by atoms with Crippen LogP contribution in [0.25, 0.3) is 0 Å². The number of benzene rings is 1. The second-order valence-corrected chi connectivity index (χ2v) is 3.30. The monoisotopic (exact) mass is 227 g/mol. The van der Waals surface area contributed by atoms with Crippen LogP contribution in [0.4, 0.5) is 0 Å². The van der Waals surface area contributed by atoms with Gasteiger partial charge in [0.25, 0.3) is 5.91 Å². The average molecular weight is 228 g/mol. The molecule has 0 atom stereocenters. The summed E-state index contributed by atoms with van der Waals surface area (Å²) >= 11 is 11.6. The van der Waals surface area contributed by atoms with Crippen LogP contribution in [0, 0.1) is 12.3 Å². The van der Waals surface area contributed by atoms with Crippen molar-refractivity contribution in [3.8, 4) is 12.3 Å². The molecule has 1 rings (SSSR count). The molecule has 0 aliphatic rings. The molecule has 0 saturated carbocycles. The molecule has 0 heterocycles. The summed E-state index contributed by atoms with van der Waals surface area (Å²) in [6.45, 7) is 0.153. The first kappa shape index (κ1) is 10.9. The highest BCUT2D eigenvalue weighted by molar-refractivity contribution is 6.39. The predicted octanol–water partition coefficient (Wildman–Crippen LogP) is 2.36. The lowest BCUT2D eigenvalue weighted by Crippen LogP contribution is -2.24. The lowest BCUT2D eigenvalue weighted by molar-refractivity contribution is 0.0959. The standard InChI is InChI=1S/C10H7Cl2NO/c1-2-6-13-10(14)9-7(11)4-3-5-8(9)12/h1,3-5H,6H2,(H,13,14). The van der Waals surface area contributed by atoms with E-state index < -0.39 is 0 Å². The van der Waals surface area contributed by atoms with Crippen LogP contribution in [-0.4, -0.2) is 12.5 Å². The molecular formula is C10H7Cl2NO. The zero-order valence-corrected chi connectivity index (χ0v) is 8.69. The van der Waals surface area contributed by atoms with Crippen LogP contribution in [-0.2, 0) is 0 Å². The molecule has 1 aromatic carbocycles. The van der Waals surface area contributed by atoms with E-state index in [2.05, 4.69) is 11.2 Å². The molecule has 14 heavy (non-hydrogen) atoms. The van der Waals surface area contributed by atoms with E-state index in [4.69, 9.17) is 29.6 Å². The number of halogens is 2. The van der Waals surface area contributed by atoms with E-state index in [9.17, 15) is 4.79 Å². The molecule has 1 aromatic rings. The minimum Gasteiger partial charge on any atom is -0.341 e. The minimum absolute atomic E-state index is 0.153. The van der Waals surface area contributed by atoms with E-state index >= 15 is 0 Å². The minimum atomic E-state index is -0.362. The number of amides is 1. The Morgan fingerprint density at radius 2 is 2.00 bits per heavy atom. The van der Waals surface area contributed by atoms with E-state index in [1.54, 1.807) is 18.2 Å². The van der Waals surface area contributed by atoms with Crippen LogP contribution >= 0.6 is 23.2 Å². The van der Waals surface area contributed by atoms with Gasteiger partial charge in [-0.15, -0.1) is 6.42 Å². The van der Waals surface area contributed by atoms with Gasteiger partial charge in [0.05, 0.1) is 22.2 Å². The number of nitrogens with one attached hydrogen (secondary N) is 1. The SMILES string of the molecule is C#CCNC(=O)c1c(Cl)cccc1Cl. The molecule has 72 valence electrons. The predicted molar refractivity (Wildman–Crippen MR) is 57.6 cm³/mol. The summed E-state index contributed by atoms with van der Waals surface area (Å²) in [6, 6.07) is 4.86. The van der Waals surface area contributed by atoms with Gasteiger partial charge < -0.3 is 5.32 Å². The zero-order chi connectivity index (χ0) is 10.6. The smallest absolute Gasteiger partial charge is 0.255 e. The first-order valence-electron chi connectivity index (χ1n) is 3.82. The molecule has 0 aliphatic heterocycles. The summed E-state index contributed by atoms with van der Waals surface area (Å²) in [4.78, 5) is 11.5. The van der Waals surface area contributed by atoms with Gasteiger partial charge in [0.2, 0.25) is 0 Å². The van der Waals surface area contributed by atoms with Crippen molar-refractivity contribution in [2.24, 2.45) is 0 Å². The fourth-order valence-electron chi connectivity index (χ4n) is 0.934. The first-order chi connectivity index (χ1) is 6.66. The Labute approximate surface area is 92.2 Å². The average Bonchev–Trinajstić information content (AvgIpc) is 2.14. The molecule has 0 saturated heterocycles. The highest BCUT2D eigenvalue weighted by Gasteiger charge is 2.12. The number of carbonyl (C=O) groups is 1. The molecule has 1 amide bonds. The highest BCUT2D eigenvalue weighted by atomic mass is 35.5. The third-order valence-electron chi connectivity index (χ3n) is 1.54. The molecule has 2 nitrogen and oxygen atoms in total. The Morgan fingerprint density at radius 3 is 2.50 bits per heavy atom. The van der Waals surface area contributed by atoms with E-state index in [0.29, 0.717) is 10.0 Å². The number of terminal acetylenes is 1. The van der Waals surface area contributed by atoms with Crippen LogP contribution in [0.5, 0.6) is 0 Å². The summed E-state index contributed by atoms with van der Waals surface area (Å²) in [5.41, 5.74) is 0.256. The van der Waals surface area contributed by atoms with Gasteiger partial charge in [0, 0.05) is 0 Å². The third kappa shape index (κ3) is 2.41. The van der Waals surface area contributed by atoms with Gasteiger partial charge in [0.15, 0.2) is 0 Å².